The molecule has 8 nitrogen and oxygen atoms in total. The molecule has 11 heteroatoms. The first-order valence-electron chi connectivity index (χ1n) is 10.8. The minimum absolute atomic E-state index is 0.0997. The van der Waals surface area contributed by atoms with Crippen molar-refractivity contribution < 1.29 is 27.4 Å². The van der Waals surface area contributed by atoms with Crippen LogP contribution in [0.3, 0.4) is 0 Å². The molecular formula is C21H38F3N5O3. The fourth-order valence-corrected chi connectivity index (χ4v) is 3.18. The van der Waals surface area contributed by atoms with E-state index in [0.717, 1.165) is 32.0 Å². The number of rotatable bonds is 9. The maximum Gasteiger partial charge on any atom is 0.411 e. The van der Waals surface area contributed by atoms with Crippen molar-refractivity contribution in [2.24, 2.45) is 4.99 Å². The maximum absolute atomic E-state index is 12.2. The van der Waals surface area contributed by atoms with Gasteiger partial charge in [-0.3, -0.25) is 0 Å². The number of carbonyl (C=O) groups excluding carboxylic acids is 1. The number of alkyl halides is 3. The van der Waals surface area contributed by atoms with Crippen molar-refractivity contribution >= 4 is 12.1 Å². The zero-order valence-electron chi connectivity index (χ0n) is 20.0. The molecule has 1 fully saturated rings. The summed E-state index contributed by atoms with van der Waals surface area (Å²) in [5, 5.41) is 5.95. The van der Waals surface area contributed by atoms with Crippen molar-refractivity contribution in [3.63, 3.8) is 0 Å². The third-order valence-corrected chi connectivity index (χ3v) is 4.94. The number of hydrogen-bond acceptors (Lipinski definition) is 5. The molecule has 0 aromatic heterocycles. The van der Waals surface area contributed by atoms with E-state index < -0.39 is 11.8 Å². The normalized spacial score (nSPS) is 20.1. The van der Waals surface area contributed by atoms with Crippen LogP contribution in [-0.2, 0) is 9.47 Å². The Hall–Kier alpha value is -2.01. The molecule has 1 aliphatic carbocycles. The van der Waals surface area contributed by atoms with Crippen molar-refractivity contribution in [1.82, 2.24) is 20.4 Å². The molecule has 0 aromatic carbocycles. The van der Waals surface area contributed by atoms with Crippen LogP contribution in [0.1, 0.15) is 40.0 Å². The molecule has 2 atom stereocenters. The van der Waals surface area contributed by atoms with E-state index in [1.807, 2.05) is 27.8 Å². The van der Waals surface area contributed by atoms with Gasteiger partial charge < -0.3 is 29.9 Å². The maximum atomic E-state index is 12.2. The Morgan fingerprint density at radius 2 is 1.81 bits per heavy atom. The molecule has 0 heterocycles. The van der Waals surface area contributed by atoms with Crippen molar-refractivity contribution in [1.29, 1.82) is 0 Å². The van der Waals surface area contributed by atoms with Gasteiger partial charge in [-0.2, -0.15) is 13.2 Å². The Morgan fingerprint density at radius 1 is 1.16 bits per heavy atom. The summed E-state index contributed by atoms with van der Waals surface area (Å²) in [4.78, 5) is 19.4. The summed E-state index contributed by atoms with van der Waals surface area (Å²) in [5.74, 6) is 0.316. The first-order valence-corrected chi connectivity index (χ1v) is 10.8. The van der Waals surface area contributed by atoms with Crippen LogP contribution in [-0.4, -0.2) is 93.2 Å². The van der Waals surface area contributed by atoms with Gasteiger partial charge in [-0.15, -0.1) is 0 Å². The molecule has 0 bridgehead atoms. The number of likely N-dealkylation sites (N-methyl/N-ethyl adjacent to an activating group) is 2. The molecule has 1 saturated carbocycles. The predicted molar refractivity (Wildman–Crippen MR) is 119 cm³/mol. The highest BCUT2D eigenvalue weighted by molar-refractivity contribution is 5.80. The van der Waals surface area contributed by atoms with E-state index in [1.165, 1.54) is 4.90 Å². The monoisotopic (exact) mass is 465 g/mol. The molecule has 0 radical (unpaired) electrons. The second-order valence-electron chi connectivity index (χ2n) is 8.89. The second kappa shape index (κ2) is 12.9. The predicted octanol–water partition coefficient (Wildman–Crippen LogP) is 2.96. The van der Waals surface area contributed by atoms with Crippen LogP contribution in [0.15, 0.2) is 17.3 Å². The molecule has 1 amide bonds. The van der Waals surface area contributed by atoms with E-state index in [2.05, 4.69) is 20.5 Å². The van der Waals surface area contributed by atoms with Crippen molar-refractivity contribution in [3.8, 4) is 0 Å². The molecule has 0 saturated heterocycles. The minimum atomic E-state index is -4.38. The van der Waals surface area contributed by atoms with Gasteiger partial charge in [-0.25, -0.2) is 9.79 Å². The lowest BCUT2D eigenvalue weighted by Crippen LogP contribution is -2.42. The zero-order chi connectivity index (χ0) is 24.4. The Labute approximate surface area is 189 Å². The number of hydrogen-bond donors (Lipinski definition) is 2. The highest BCUT2D eigenvalue weighted by atomic mass is 19.4. The molecule has 2 N–H and O–H groups in total. The number of ether oxygens (including phenoxy) is 2. The third-order valence-electron chi connectivity index (χ3n) is 4.94. The third kappa shape index (κ3) is 12.1. The summed E-state index contributed by atoms with van der Waals surface area (Å²) in [6.07, 6.45) is -1.16. The summed E-state index contributed by atoms with van der Waals surface area (Å²) >= 11 is 0. The van der Waals surface area contributed by atoms with Crippen LogP contribution >= 0.6 is 0 Å². The minimum Gasteiger partial charge on any atom is -0.444 e. The van der Waals surface area contributed by atoms with Crippen molar-refractivity contribution in [2.75, 3.05) is 47.4 Å². The van der Waals surface area contributed by atoms with Crippen molar-refractivity contribution in [2.45, 2.75) is 63.9 Å². The average molecular weight is 466 g/mol. The topological polar surface area (TPSA) is 78.4 Å². The van der Waals surface area contributed by atoms with Gasteiger partial charge >= 0.3 is 12.3 Å². The lowest BCUT2D eigenvalue weighted by atomic mass is 10.2. The molecule has 0 aromatic rings. The van der Waals surface area contributed by atoms with Crippen molar-refractivity contribution in [3.05, 3.63) is 12.3 Å². The van der Waals surface area contributed by atoms with E-state index in [4.69, 9.17) is 9.47 Å². The van der Waals surface area contributed by atoms with E-state index in [1.54, 1.807) is 14.1 Å². The number of halogens is 3. The average Bonchev–Trinajstić information content (AvgIpc) is 3.13. The standard InChI is InChI=1S/C21H38F3N5O3/c1-20(2,3)32-19(30)29(6)12-14-31-13-11-28(5)17-8-7-16(15-17)27-18(25-4)26-10-9-21(22,23)24/h9-10,16-17H,7-8,11-15H2,1-6H3,(H2,25,26,27)/b10-9+/t16-,17-/m0/s1. The SMILES string of the molecule is CN/C(=N\C=C\C(F)(F)F)N[C@H]1CC[C@H](N(C)CCOCCN(C)C(=O)OC(C)(C)C)C1. The molecule has 0 aliphatic heterocycles. The van der Waals surface area contributed by atoms with Gasteiger partial charge in [0.15, 0.2) is 5.96 Å². The summed E-state index contributed by atoms with van der Waals surface area (Å²) in [7, 11) is 5.32. The summed E-state index contributed by atoms with van der Waals surface area (Å²) in [6.45, 7) is 7.63. The lowest BCUT2D eigenvalue weighted by Gasteiger charge is -2.26. The van der Waals surface area contributed by atoms with Crippen LogP contribution < -0.4 is 10.6 Å². The van der Waals surface area contributed by atoms with Crippen LogP contribution in [0.2, 0.25) is 0 Å². The Kier molecular flexibility index (Phi) is 11.3. The number of nitrogens with one attached hydrogen (secondary N) is 2. The molecule has 0 spiro atoms. The quantitative estimate of drug-likeness (QED) is 0.310. The molecule has 1 aliphatic rings. The first-order chi connectivity index (χ1) is 14.8. The Morgan fingerprint density at radius 3 is 2.41 bits per heavy atom. The highest BCUT2D eigenvalue weighted by Crippen LogP contribution is 2.23. The molecule has 32 heavy (non-hydrogen) atoms. The summed E-state index contributed by atoms with van der Waals surface area (Å²) < 4.78 is 47.6. The Bertz CT molecular complexity index is 635. The van der Waals surface area contributed by atoms with Crippen LogP contribution in [0.5, 0.6) is 0 Å². The van der Waals surface area contributed by atoms with Crippen LogP contribution in [0.25, 0.3) is 0 Å². The summed E-state index contributed by atoms with van der Waals surface area (Å²) in [5.41, 5.74) is -0.525. The number of nitrogens with zero attached hydrogens (tertiary/aromatic N) is 3. The van der Waals surface area contributed by atoms with E-state index >= 15 is 0 Å². The molecule has 186 valence electrons. The fraction of sp³-hybridized carbons (Fsp3) is 0.810. The second-order valence-corrected chi connectivity index (χ2v) is 8.89. The fourth-order valence-electron chi connectivity index (χ4n) is 3.18. The Balaban J connectivity index is 2.29. The van der Waals surface area contributed by atoms with Gasteiger partial charge in [0.2, 0.25) is 0 Å². The van der Waals surface area contributed by atoms with Gasteiger partial charge in [0.05, 0.1) is 13.2 Å². The van der Waals surface area contributed by atoms with Crippen LogP contribution in [0.4, 0.5) is 18.0 Å². The van der Waals surface area contributed by atoms with Gasteiger partial charge in [-0.05, 0) is 47.1 Å². The van der Waals surface area contributed by atoms with Gasteiger partial charge in [0.1, 0.15) is 5.60 Å². The van der Waals surface area contributed by atoms with Gasteiger partial charge in [0, 0.05) is 51.5 Å². The lowest BCUT2D eigenvalue weighted by molar-refractivity contribution is -0.0799. The largest absolute Gasteiger partial charge is 0.444 e. The number of guanidine groups is 1. The molecule has 0 unspecified atom stereocenters. The van der Waals surface area contributed by atoms with E-state index in [-0.39, 0.29) is 18.2 Å². The number of carbonyl (C=O) groups is 1. The van der Waals surface area contributed by atoms with Crippen LogP contribution in [0, 0.1) is 0 Å². The molecule has 1 rings (SSSR count). The van der Waals surface area contributed by atoms with Gasteiger partial charge in [0.25, 0.3) is 0 Å². The first kappa shape index (κ1) is 28.0. The van der Waals surface area contributed by atoms with Gasteiger partial charge in [-0.1, -0.05) is 0 Å². The summed E-state index contributed by atoms with van der Waals surface area (Å²) in [6, 6.07) is 0.487. The highest BCUT2D eigenvalue weighted by Gasteiger charge is 2.28. The smallest absolute Gasteiger partial charge is 0.411 e. The number of aliphatic imine (C=N–C) groups is 1. The number of amides is 1. The molecular weight excluding hydrogens is 427 g/mol. The van der Waals surface area contributed by atoms with E-state index in [9.17, 15) is 18.0 Å². The zero-order valence-corrected chi connectivity index (χ0v) is 20.0. The number of allylic oxidation sites excluding steroid dienone is 1. The van der Waals surface area contributed by atoms with E-state index in [0.29, 0.717) is 31.8 Å².